The van der Waals surface area contributed by atoms with E-state index < -0.39 is 0 Å². The zero-order valence-electron chi connectivity index (χ0n) is 12.6. The Morgan fingerprint density at radius 3 is 2.73 bits per heavy atom. The van der Waals surface area contributed by atoms with E-state index in [-0.39, 0.29) is 12.5 Å². The molecule has 0 aromatic heterocycles. The van der Waals surface area contributed by atoms with Gasteiger partial charge in [0.25, 0.3) is 5.91 Å². The van der Waals surface area contributed by atoms with Gasteiger partial charge in [-0.3, -0.25) is 4.79 Å². The van der Waals surface area contributed by atoms with Crippen LogP contribution in [0, 0.1) is 0 Å². The predicted octanol–water partition coefficient (Wildman–Crippen LogP) is 4.04. The van der Waals surface area contributed by atoms with Crippen molar-refractivity contribution in [1.82, 2.24) is 0 Å². The average molecular weight is 364 g/mol. The third kappa shape index (κ3) is 4.49. The predicted molar refractivity (Wildman–Crippen MR) is 90.6 cm³/mol. The minimum atomic E-state index is -0.222. The summed E-state index contributed by atoms with van der Waals surface area (Å²) in [5, 5.41) is 2.77. The number of benzene rings is 2. The van der Waals surface area contributed by atoms with Crippen LogP contribution in [0.25, 0.3) is 0 Å². The third-order valence-electron chi connectivity index (χ3n) is 3.12. The number of nitrogens with one attached hydrogen (secondary N) is 1. The van der Waals surface area contributed by atoms with Gasteiger partial charge in [-0.05, 0) is 52.2 Å². The number of ether oxygens (including phenoxy) is 2. The van der Waals surface area contributed by atoms with E-state index in [1.807, 2.05) is 30.3 Å². The van der Waals surface area contributed by atoms with Crippen molar-refractivity contribution in [3.8, 4) is 11.5 Å². The lowest BCUT2D eigenvalue weighted by molar-refractivity contribution is -0.118. The number of carbonyl (C=O) groups excluding carboxylic acids is 1. The molecule has 116 valence electrons. The van der Waals surface area contributed by atoms with Gasteiger partial charge in [0.05, 0.1) is 11.6 Å². The standard InChI is InChI=1S/C17H18BrNO3/c1-3-12-7-8-16(15(18)9-12)22-11-17(20)19-13-5-4-6-14(10-13)21-2/h4-10H,3,11H2,1-2H3,(H,19,20). The zero-order valence-corrected chi connectivity index (χ0v) is 14.1. The van der Waals surface area contributed by atoms with Gasteiger partial charge in [0.15, 0.2) is 6.61 Å². The molecular weight excluding hydrogens is 346 g/mol. The summed E-state index contributed by atoms with van der Waals surface area (Å²) in [4.78, 5) is 11.9. The number of carbonyl (C=O) groups is 1. The number of methoxy groups -OCH3 is 1. The molecule has 1 amide bonds. The molecule has 0 heterocycles. The number of anilines is 1. The summed E-state index contributed by atoms with van der Waals surface area (Å²) in [6.07, 6.45) is 0.954. The molecule has 0 saturated carbocycles. The first-order valence-corrected chi connectivity index (χ1v) is 7.76. The van der Waals surface area contributed by atoms with Gasteiger partial charge >= 0.3 is 0 Å². The third-order valence-corrected chi connectivity index (χ3v) is 3.74. The Balaban J connectivity index is 1.92. The van der Waals surface area contributed by atoms with Crippen LogP contribution in [0.3, 0.4) is 0 Å². The largest absolute Gasteiger partial charge is 0.497 e. The van der Waals surface area contributed by atoms with Crippen molar-refractivity contribution in [2.45, 2.75) is 13.3 Å². The molecule has 0 atom stereocenters. The summed E-state index contributed by atoms with van der Waals surface area (Å²) in [5.74, 6) is 1.12. The molecule has 2 aromatic rings. The van der Waals surface area contributed by atoms with E-state index in [2.05, 4.69) is 28.2 Å². The van der Waals surface area contributed by atoms with Crippen molar-refractivity contribution >= 4 is 27.5 Å². The van der Waals surface area contributed by atoms with Gasteiger partial charge in [-0.25, -0.2) is 0 Å². The molecule has 0 aliphatic rings. The van der Waals surface area contributed by atoms with Crippen molar-refractivity contribution in [1.29, 1.82) is 0 Å². The number of hydrogen-bond acceptors (Lipinski definition) is 3. The Morgan fingerprint density at radius 1 is 1.23 bits per heavy atom. The molecule has 4 nitrogen and oxygen atoms in total. The summed E-state index contributed by atoms with van der Waals surface area (Å²) < 4.78 is 11.5. The molecule has 2 aromatic carbocycles. The second-order valence-electron chi connectivity index (χ2n) is 4.69. The van der Waals surface area contributed by atoms with E-state index in [4.69, 9.17) is 9.47 Å². The van der Waals surface area contributed by atoms with E-state index in [1.165, 1.54) is 5.56 Å². The van der Waals surface area contributed by atoms with Crippen molar-refractivity contribution in [3.63, 3.8) is 0 Å². The molecule has 0 bridgehead atoms. The maximum Gasteiger partial charge on any atom is 0.262 e. The number of halogens is 1. The summed E-state index contributed by atoms with van der Waals surface area (Å²) in [6.45, 7) is 2.03. The molecule has 0 spiro atoms. The van der Waals surface area contributed by atoms with Crippen molar-refractivity contribution in [2.24, 2.45) is 0 Å². The average Bonchev–Trinajstić information content (AvgIpc) is 2.53. The van der Waals surface area contributed by atoms with Crippen LogP contribution in [0.5, 0.6) is 11.5 Å². The SMILES string of the molecule is CCc1ccc(OCC(=O)Nc2cccc(OC)c2)c(Br)c1. The molecule has 1 N–H and O–H groups in total. The molecule has 0 aliphatic heterocycles. The van der Waals surface area contributed by atoms with Crippen LogP contribution in [0.2, 0.25) is 0 Å². The Kier molecular flexibility index (Phi) is 5.83. The maximum absolute atomic E-state index is 11.9. The highest BCUT2D eigenvalue weighted by molar-refractivity contribution is 9.10. The van der Waals surface area contributed by atoms with E-state index in [1.54, 1.807) is 19.2 Å². The van der Waals surface area contributed by atoms with Gasteiger partial charge in [-0.2, -0.15) is 0 Å². The lowest BCUT2D eigenvalue weighted by Crippen LogP contribution is -2.20. The summed E-state index contributed by atoms with van der Waals surface area (Å²) >= 11 is 3.45. The van der Waals surface area contributed by atoms with Crippen molar-refractivity contribution in [2.75, 3.05) is 19.0 Å². The monoisotopic (exact) mass is 363 g/mol. The van der Waals surface area contributed by atoms with Gasteiger partial charge < -0.3 is 14.8 Å². The van der Waals surface area contributed by atoms with Gasteiger partial charge in [0.2, 0.25) is 0 Å². The highest BCUT2D eigenvalue weighted by Crippen LogP contribution is 2.26. The minimum absolute atomic E-state index is 0.0543. The normalized spacial score (nSPS) is 10.1. The molecule has 0 radical (unpaired) electrons. The van der Waals surface area contributed by atoms with Crippen molar-refractivity contribution < 1.29 is 14.3 Å². The minimum Gasteiger partial charge on any atom is -0.497 e. The second kappa shape index (κ2) is 7.84. The fraction of sp³-hybridized carbons (Fsp3) is 0.235. The second-order valence-corrected chi connectivity index (χ2v) is 5.54. The molecular formula is C17H18BrNO3. The molecule has 0 saturated heterocycles. The smallest absolute Gasteiger partial charge is 0.262 e. The van der Waals surface area contributed by atoms with Crippen LogP contribution in [-0.4, -0.2) is 19.6 Å². The fourth-order valence-electron chi connectivity index (χ4n) is 1.92. The lowest BCUT2D eigenvalue weighted by Gasteiger charge is -2.10. The number of aryl methyl sites for hydroxylation is 1. The van der Waals surface area contributed by atoms with Crippen LogP contribution in [0.4, 0.5) is 5.69 Å². The number of amides is 1. The molecule has 22 heavy (non-hydrogen) atoms. The Bertz CT molecular complexity index is 658. The van der Waals surface area contributed by atoms with Crippen molar-refractivity contribution in [3.05, 3.63) is 52.5 Å². The molecule has 5 heteroatoms. The zero-order chi connectivity index (χ0) is 15.9. The molecule has 0 unspecified atom stereocenters. The first kappa shape index (κ1) is 16.4. The lowest BCUT2D eigenvalue weighted by atomic mass is 10.2. The van der Waals surface area contributed by atoms with Gasteiger partial charge in [0.1, 0.15) is 11.5 Å². The van der Waals surface area contributed by atoms with Crippen LogP contribution < -0.4 is 14.8 Å². The number of hydrogen-bond donors (Lipinski definition) is 1. The van der Waals surface area contributed by atoms with E-state index in [9.17, 15) is 4.79 Å². The van der Waals surface area contributed by atoms with Gasteiger partial charge in [-0.15, -0.1) is 0 Å². The van der Waals surface area contributed by atoms with Crippen LogP contribution in [0.1, 0.15) is 12.5 Å². The van der Waals surface area contributed by atoms with Crippen LogP contribution in [-0.2, 0) is 11.2 Å². The maximum atomic E-state index is 11.9. The van der Waals surface area contributed by atoms with E-state index >= 15 is 0 Å². The highest BCUT2D eigenvalue weighted by Gasteiger charge is 2.07. The Morgan fingerprint density at radius 2 is 2.05 bits per heavy atom. The molecule has 0 aliphatic carbocycles. The topological polar surface area (TPSA) is 47.6 Å². The first-order chi connectivity index (χ1) is 10.6. The molecule has 0 fully saturated rings. The fourth-order valence-corrected chi connectivity index (χ4v) is 2.46. The van der Waals surface area contributed by atoms with Gasteiger partial charge in [-0.1, -0.05) is 19.1 Å². The quantitative estimate of drug-likeness (QED) is 0.842. The Labute approximate surface area is 138 Å². The number of rotatable bonds is 6. The first-order valence-electron chi connectivity index (χ1n) is 6.97. The van der Waals surface area contributed by atoms with Crippen LogP contribution in [0.15, 0.2) is 46.9 Å². The summed E-state index contributed by atoms with van der Waals surface area (Å²) in [6, 6.07) is 13.0. The highest BCUT2D eigenvalue weighted by atomic mass is 79.9. The summed E-state index contributed by atoms with van der Waals surface area (Å²) in [7, 11) is 1.58. The van der Waals surface area contributed by atoms with Crippen LogP contribution >= 0.6 is 15.9 Å². The van der Waals surface area contributed by atoms with E-state index in [0.29, 0.717) is 17.2 Å². The molecule has 2 rings (SSSR count). The Hall–Kier alpha value is -2.01. The summed E-state index contributed by atoms with van der Waals surface area (Å²) in [5.41, 5.74) is 1.88. The van der Waals surface area contributed by atoms with E-state index in [0.717, 1.165) is 10.9 Å². The van der Waals surface area contributed by atoms with Gasteiger partial charge in [0, 0.05) is 11.8 Å².